The van der Waals surface area contributed by atoms with Crippen molar-refractivity contribution in [1.82, 2.24) is 9.88 Å². The van der Waals surface area contributed by atoms with Gasteiger partial charge in [-0.15, -0.1) is 0 Å². The fraction of sp³-hybridized carbons (Fsp3) is 0.304. The van der Waals surface area contributed by atoms with Gasteiger partial charge in [-0.25, -0.2) is 9.37 Å². The Morgan fingerprint density at radius 1 is 1.07 bits per heavy atom. The fourth-order valence-electron chi connectivity index (χ4n) is 3.94. The molecule has 2 aromatic carbocycles. The summed E-state index contributed by atoms with van der Waals surface area (Å²) in [6.07, 6.45) is 0. The molecule has 0 atom stereocenters. The first kappa shape index (κ1) is 20.4. The molecule has 1 aromatic heterocycles. The number of carbonyl (C=O) groups is 1. The number of carbonyl (C=O) groups excluding carboxylic acids is 1. The monoisotopic (exact) mass is 427 g/mol. The van der Waals surface area contributed by atoms with E-state index >= 15 is 0 Å². The van der Waals surface area contributed by atoms with E-state index in [1.807, 2.05) is 18.2 Å². The lowest BCUT2D eigenvalue weighted by Crippen LogP contribution is -2.49. The van der Waals surface area contributed by atoms with Gasteiger partial charge >= 0.3 is 0 Å². The third kappa shape index (κ3) is 3.79. The van der Waals surface area contributed by atoms with Crippen molar-refractivity contribution in [2.45, 2.75) is 13.8 Å². The molecule has 0 bridgehead atoms. The van der Waals surface area contributed by atoms with Gasteiger partial charge in [-0.05, 0) is 49.2 Å². The van der Waals surface area contributed by atoms with E-state index in [1.165, 1.54) is 19.2 Å². The number of rotatable bonds is 3. The van der Waals surface area contributed by atoms with Gasteiger partial charge in [0.15, 0.2) is 0 Å². The quantitative estimate of drug-likeness (QED) is 0.612. The molecule has 2 heterocycles. The Kier molecular flexibility index (Phi) is 5.52. The van der Waals surface area contributed by atoms with Gasteiger partial charge in [0, 0.05) is 48.3 Å². The van der Waals surface area contributed by atoms with Crippen molar-refractivity contribution in [3.8, 4) is 5.75 Å². The van der Waals surface area contributed by atoms with E-state index in [0.29, 0.717) is 59.1 Å². The molecule has 0 saturated carbocycles. The van der Waals surface area contributed by atoms with Crippen LogP contribution in [0.2, 0.25) is 5.02 Å². The Bertz CT molecular complexity index is 1130. The highest BCUT2D eigenvalue weighted by atomic mass is 35.5. The summed E-state index contributed by atoms with van der Waals surface area (Å²) in [4.78, 5) is 21.7. The average Bonchev–Trinajstić information content (AvgIpc) is 2.74. The minimum absolute atomic E-state index is 0.151. The van der Waals surface area contributed by atoms with Gasteiger partial charge in [0.05, 0.1) is 12.6 Å². The number of ether oxygens (including phenoxy) is 1. The van der Waals surface area contributed by atoms with Gasteiger partial charge in [-0.1, -0.05) is 17.7 Å². The molecule has 1 saturated heterocycles. The summed E-state index contributed by atoms with van der Waals surface area (Å²) >= 11 is 6.16. The maximum atomic E-state index is 13.8. The predicted molar refractivity (Wildman–Crippen MR) is 117 cm³/mol. The number of methoxy groups -OCH3 is 1. The van der Waals surface area contributed by atoms with Crippen molar-refractivity contribution in [2.75, 3.05) is 38.2 Å². The number of aromatic nitrogens is 1. The maximum absolute atomic E-state index is 13.8. The van der Waals surface area contributed by atoms with Crippen LogP contribution in [0.1, 0.15) is 21.6 Å². The summed E-state index contributed by atoms with van der Waals surface area (Å²) < 4.78 is 19.2. The highest BCUT2D eigenvalue weighted by Gasteiger charge is 2.25. The van der Waals surface area contributed by atoms with E-state index in [-0.39, 0.29) is 11.7 Å². The Balaban J connectivity index is 1.57. The van der Waals surface area contributed by atoms with Gasteiger partial charge in [0.1, 0.15) is 17.3 Å². The summed E-state index contributed by atoms with van der Waals surface area (Å²) in [6, 6.07) is 10.2. The van der Waals surface area contributed by atoms with Crippen LogP contribution in [0.3, 0.4) is 0 Å². The van der Waals surface area contributed by atoms with Crippen LogP contribution >= 0.6 is 11.6 Å². The summed E-state index contributed by atoms with van der Waals surface area (Å²) in [7, 11) is 1.51. The van der Waals surface area contributed by atoms with Crippen LogP contribution in [-0.4, -0.2) is 49.1 Å². The first-order valence-corrected chi connectivity index (χ1v) is 10.2. The molecule has 1 aliphatic rings. The van der Waals surface area contributed by atoms with Crippen LogP contribution in [0.5, 0.6) is 5.75 Å². The summed E-state index contributed by atoms with van der Waals surface area (Å²) in [6.45, 7) is 6.41. The first-order chi connectivity index (χ1) is 14.4. The Labute approximate surface area is 180 Å². The lowest BCUT2D eigenvalue weighted by molar-refractivity contribution is 0.0741. The van der Waals surface area contributed by atoms with Crippen LogP contribution in [0, 0.1) is 19.7 Å². The molecule has 30 heavy (non-hydrogen) atoms. The van der Waals surface area contributed by atoms with Crippen LogP contribution in [-0.2, 0) is 0 Å². The molecular formula is C23H23ClFN3O2. The van der Waals surface area contributed by atoms with Crippen LogP contribution in [0.25, 0.3) is 10.9 Å². The van der Waals surface area contributed by atoms with Gasteiger partial charge < -0.3 is 14.5 Å². The lowest BCUT2D eigenvalue weighted by atomic mass is 10.1. The number of piperazine rings is 1. The number of benzene rings is 2. The zero-order valence-corrected chi connectivity index (χ0v) is 18.0. The number of hydrogen-bond donors (Lipinski definition) is 0. The van der Waals surface area contributed by atoms with Gasteiger partial charge in [-0.3, -0.25) is 4.79 Å². The minimum atomic E-state index is -0.355. The molecule has 156 valence electrons. The SMILES string of the molecule is COc1cc(C(=O)N2CCN(c3cc(Cl)ccc3C)CC2)nc2c(C)cc(F)cc12. The topological polar surface area (TPSA) is 45.7 Å². The summed E-state index contributed by atoms with van der Waals surface area (Å²) in [5.41, 5.74) is 3.80. The molecule has 1 aliphatic heterocycles. The molecule has 0 aliphatic carbocycles. The molecule has 1 fully saturated rings. The second-order valence-electron chi connectivity index (χ2n) is 7.54. The van der Waals surface area contributed by atoms with Crippen LogP contribution in [0.4, 0.5) is 10.1 Å². The zero-order chi connectivity index (χ0) is 21.4. The van der Waals surface area contributed by atoms with Crippen molar-refractivity contribution in [1.29, 1.82) is 0 Å². The number of halogens is 2. The summed E-state index contributed by atoms with van der Waals surface area (Å²) in [5.74, 6) is -0.0628. The molecule has 7 heteroatoms. The van der Waals surface area contributed by atoms with E-state index in [9.17, 15) is 9.18 Å². The molecule has 5 nitrogen and oxygen atoms in total. The number of aryl methyl sites for hydroxylation is 2. The van der Waals surface area contributed by atoms with E-state index in [1.54, 1.807) is 17.9 Å². The number of amides is 1. The largest absolute Gasteiger partial charge is 0.496 e. The Hall–Kier alpha value is -2.86. The Morgan fingerprint density at radius 3 is 2.50 bits per heavy atom. The molecular weight excluding hydrogens is 405 g/mol. The lowest BCUT2D eigenvalue weighted by Gasteiger charge is -2.36. The van der Waals surface area contributed by atoms with Crippen LogP contribution in [0.15, 0.2) is 36.4 Å². The van der Waals surface area contributed by atoms with Crippen molar-refractivity contribution < 1.29 is 13.9 Å². The van der Waals surface area contributed by atoms with E-state index in [2.05, 4.69) is 16.8 Å². The highest BCUT2D eigenvalue weighted by Crippen LogP contribution is 2.30. The number of pyridine rings is 1. The number of fused-ring (bicyclic) bond motifs is 1. The minimum Gasteiger partial charge on any atom is -0.496 e. The number of nitrogens with zero attached hydrogens (tertiary/aromatic N) is 3. The van der Waals surface area contributed by atoms with Gasteiger partial charge in [0.2, 0.25) is 0 Å². The van der Waals surface area contributed by atoms with Gasteiger partial charge in [-0.2, -0.15) is 0 Å². The van der Waals surface area contributed by atoms with Gasteiger partial charge in [0.25, 0.3) is 5.91 Å². The molecule has 3 aromatic rings. The molecule has 0 N–H and O–H groups in total. The summed E-state index contributed by atoms with van der Waals surface area (Å²) in [5, 5.41) is 1.26. The van der Waals surface area contributed by atoms with E-state index in [4.69, 9.17) is 16.3 Å². The second kappa shape index (κ2) is 8.11. The van der Waals surface area contributed by atoms with Crippen molar-refractivity contribution in [3.63, 3.8) is 0 Å². The third-order valence-corrected chi connectivity index (χ3v) is 5.78. The number of anilines is 1. The van der Waals surface area contributed by atoms with Crippen molar-refractivity contribution in [2.24, 2.45) is 0 Å². The normalized spacial score (nSPS) is 14.3. The zero-order valence-electron chi connectivity index (χ0n) is 17.2. The molecule has 4 rings (SSSR count). The molecule has 0 radical (unpaired) electrons. The van der Waals surface area contributed by atoms with E-state index < -0.39 is 0 Å². The molecule has 1 amide bonds. The molecule has 0 spiro atoms. The van der Waals surface area contributed by atoms with E-state index in [0.717, 1.165) is 11.3 Å². The Morgan fingerprint density at radius 2 is 1.80 bits per heavy atom. The first-order valence-electron chi connectivity index (χ1n) is 9.82. The second-order valence-corrected chi connectivity index (χ2v) is 7.98. The standard InChI is InChI=1S/C23H23ClFN3O2/c1-14-4-5-16(24)11-20(14)27-6-8-28(9-7-27)23(29)19-13-21(30-3)18-12-17(25)10-15(2)22(18)26-19/h4-5,10-13H,6-9H2,1-3H3. The fourth-order valence-corrected chi connectivity index (χ4v) is 4.11. The maximum Gasteiger partial charge on any atom is 0.272 e. The average molecular weight is 428 g/mol. The molecule has 0 unspecified atom stereocenters. The highest BCUT2D eigenvalue weighted by molar-refractivity contribution is 6.30. The van der Waals surface area contributed by atoms with Crippen molar-refractivity contribution in [3.05, 3.63) is 64.1 Å². The van der Waals surface area contributed by atoms with Crippen molar-refractivity contribution >= 4 is 34.1 Å². The van der Waals surface area contributed by atoms with Crippen LogP contribution < -0.4 is 9.64 Å². The predicted octanol–water partition coefficient (Wildman–Crippen LogP) is 4.62. The number of hydrogen-bond acceptors (Lipinski definition) is 4. The smallest absolute Gasteiger partial charge is 0.272 e. The third-order valence-electron chi connectivity index (χ3n) is 5.55.